The summed E-state index contributed by atoms with van der Waals surface area (Å²) in [5, 5.41) is 12.1. The van der Waals surface area contributed by atoms with Crippen molar-refractivity contribution in [2.45, 2.75) is 31.2 Å². The van der Waals surface area contributed by atoms with Gasteiger partial charge in [-0.3, -0.25) is 0 Å². The lowest BCUT2D eigenvalue weighted by Gasteiger charge is -2.23. The Balaban J connectivity index is 3.25. The van der Waals surface area contributed by atoms with E-state index in [2.05, 4.69) is 26.2 Å². The molecule has 0 radical (unpaired) electrons. The number of nitrogens with one attached hydrogen (secondary N) is 1. The Bertz CT molecular complexity index is 551. The van der Waals surface area contributed by atoms with Crippen LogP contribution in [-0.2, 0) is 10.0 Å². The molecule has 1 atom stereocenters. The molecule has 0 aliphatic rings. The summed E-state index contributed by atoms with van der Waals surface area (Å²) in [6, 6.07) is 1.01. The number of hydrogen-bond donors (Lipinski definition) is 2. The Labute approximate surface area is 128 Å². The minimum absolute atomic E-state index is 0.100. The van der Waals surface area contributed by atoms with Crippen LogP contribution in [0.3, 0.4) is 0 Å². The summed E-state index contributed by atoms with van der Waals surface area (Å²) in [7, 11) is -2.27. The van der Waals surface area contributed by atoms with Gasteiger partial charge in [0.1, 0.15) is 10.7 Å². The second-order valence-corrected chi connectivity index (χ2v) is 7.36. The van der Waals surface area contributed by atoms with E-state index in [4.69, 9.17) is 5.11 Å². The van der Waals surface area contributed by atoms with Crippen molar-refractivity contribution in [1.82, 2.24) is 9.29 Å². The van der Waals surface area contributed by atoms with E-state index in [0.29, 0.717) is 16.8 Å². The number of rotatable bonds is 7. The number of halogens is 1. The third-order valence-corrected chi connectivity index (χ3v) is 5.32. The van der Waals surface area contributed by atoms with Crippen LogP contribution < -0.4 is 5.32 Å². The summed E-state index contributed by atoms with van der Waals surface area (Å²) < 4.78 is 26.9. The molecule has 8 heteroatoms. The van der Waals surface area contributed by atoms with Crippen LogP contribution in [0.2, 0.25) is 0 Å². The fourth-order valence-corrected chi connectivity index (χ4v) is 3.48. The Morgan fingerprint density at radius 3 is 2.75 bits per heavy atom. The highest BCUT2D eigenvalue weighted by atomic mass is 79.9. The van der Waals surface area contributed by atoms with Gasteiger partial charge in [-0.2, -0.15) is 4.31 Å². The Kier molecular flexibility index (Phi) is 6.38. The van der Waals surface area contributed by atoms with Gasteiger partial charge in [0.05, 0.1) is 6.61 Å². The first-order valence-corrected chi connectivity index (χ1v) is 8.56. The quantitative estimate of drug-likeness (QED) is 0.767. The lowest BCUT2D eigenvalue weighted by Crippen LogP contribution is -2.37. The van der Waals surface area contributed by atoms with Gasteiger partial charge >= 0.3 is 0 Å². The highest BCUT2D eigenvalue weighted by Crippen LogP contribution is 2.26. The standard InChI is InChI=1S/C12H20BrN3O3S/c1-4-5-14-12-11(6-10(13)7-15-12)20(18,19)16(3)9(2)8-17/h6-7,9,17H,4-5,8H2,1-3H3,(H,14,15). The molecule has 6 nitrogen and oxygen atoms in total. The highest BCUT2D eigenvalue weighted by Gasteiger charge is 2.28. The lowest BCUT2D eigenvalue weighted by molar-refractivity contribution is 0.214. The van der Waals surface area contributed by atoms with Crippen LogP contribution in [0.15, 0.2) is 21.6 Å². The minimum atomic E-state index is -3.72. The SMILES string of the molecule is CCCNc1ncc(Br)cc1S(=O)(=O)N(C)C(C)CO. The predicted octanol–water partition coefficient (Wildman–Crippen LogP) is 1.67. The molecule has 1 aromatic rings. The Hall–Kier alpha value is -0.700. The zero-order valence-corrected chi connectivity index (χ0v) is 14.2. The van der Waals surface area contributed by atoms with Crippen LogP contribution in [0.4, 0.5) is 5.82 Å². The lowest BCUT2D eigenvalue weighted by atomic mass is 10.4. The molecule has 1 unspecified atom stereocenters. The van der Waals surface area contributed by atoms with Crippen molar-refractivity contribution in [3.8, 4) is 0 Å². The number of likely N-dealkylation sites (N-methyl/N-ethyl adjacent to an activating group) is 1. The van der Waals surface area contributed by atoms with Gasteiger partial charge in [0.2, 0.25) is 10.0 Å². The van der Waals surface area contributed by atoms with E-state index in [1.165, 1.54) is 13.1 Å². The summed E-state index contributed by atoms with van der Waals surface area (Å²) in [5.74, 6) is 0.326. The van der Waals surface area contributed by atoms with Crippen LogP contribution >= 0.6 is 15.9 Å². The maximum absolute atomic E-state index is 12.6. The van der Waals surface area contributed by atoms with Crippen molar-refractivity contribution in [2.75, 3.05) is 25.5 Å². The van der Waals surface area contributed by atoms with Gasteiger partial charge in [-0.05, 0) is 35.3 Å². The van der Waals surface area contributed by atoms with E-state index >= 15 is 0 Å². The fraction of sp³-hybridized carbons (Fsp3) is 0.583. The molecule has 0 bridgehead atoms. The summed E-state index contributed by atoms with van der Waals surface area (Å²) in [4.78, 5) is 4.22. The first kappa shape index (κ1) is 17.4. The number of anilines is 1. The molecule has 1 rings (SSSR count). The van der Waals surface area contributed by atoms with Crippen molar-refractivity contribution >= 4 is 31.8 Å². The highest BCUT2D eigenvalue weighted by molar-refractivity contribution is 9.10. The number of aliphatic hydroxyl groups excluding tert-OH is 1. The number of hydrogen-bond acceptors (Lipinski definition) is 5. The molecule has 0 saturated carbocycles. The zero-order chi connectivity index (χ0) is 15.3. The summed E-state index contributed by atoms with van der Waals surface area (Å²) in [6.45, 7) is 4.02. The maximum Gasteiger partial charge on any atom is 0.246 e. The normalized spacial score (nSPS) is 13.5. The van der Waals surface area contributed by atoms with Crippen LogP contribution in [-0.4, -0.2) is 49.1 Å². The van der Waals surface area contributed by atoms with Crippen molar-refractivity contribution in [3.63, 3.8) is 0 Å². The molecule has 20 heavy (non-hydrogen) atoms. The number of sulfonamides is 1. The van der Waals surface area contributed by atoms with E-state index in [1.54, 1.807) is 13.1 Å². The number of aliphatic hydroxyl groups is 1. The first-order valence-electron chi connectivity index (χ1n) is 6.32. The molecule has 0 amide bonds. The largest absolute Gasteiger partial charge is 0.395 e. The molecule has 0 spiro atoms. The molecule has 114 valence electrons. The molecule has 1 aromatic heterocycles. The van der Waals surface area contributed by atoms with Gasteiger partial charge in [-0.15, -0.1) is 0 Å². The van der Waals surface area contributed by atoms with Gasteiger partial charge in [0, 0.05) is 30.3 Å². The number of nitrogens with zero attached hydrogens (tertiary/aromatic N) is 2. The maximum atomic E-state index is 12.6. The van der Waals surface area contributed by atoms with E-state index in [-0.39, 0.29) is 11.5 Å². The molecular weight excluding hydrogens is 346 g/mol. The zero-order valence-electron chi connectivity index (χ0n) is 11.8. The van der Waals surface area contributed by atoms with E-state index in [1.807, 2.05) is 6.92 Å². The molecule has 0 aliphatic heterocycles. The van der Waals surface area contributed by atoms with Crippen LogP contribution in [0.25, 0.3) is 0 Å². The summed E-state index contributed by atoms with van der Waals surface area (Å²) in [5.41, 5.74) is 0. The smallest absolute Gasteiger partial charge is 0.246 e. The second kappa shape index (κ2) is 7.35. The fourth-order valence-electron chi connectivity index (χ4n) is 1.50. The first-order chi connectivity index (χ1) is 9.34. The van der Waals surface area contributed by atoms with Crippen molar-refractivity contribution in [2.24, 2.45) is 0 Å². The third kappa shape index (κ3) is 3.91. The Morgan fingerprint density at radius 1 is 1.55 bits per heavy atom. The van der Waals surface area contributed by atoms with Crippen molar-refractivity contribution in [1.29, 1.82) is 0 Å². The third-order valence-electron chi connectivity index (χ3n) is 2.90. The Morgan fingerprint density at radius 2 is 2.20 bits per heavy atom. The van der Waals surface area contributed by atoms with Crippen LogP contribution in [0, 0.1) is 0 Å². The molecular formula is C12H20BrN3O3S. The molecule has 0 aromatic carbocycles. The molecule has 0 saturated heterocycles. The summed E-state index contributed by atoms with van der Waals surface area (Å²) >= 11 is 3.24. The number of pyridine rings is 1. The molecule has 2 N–H and O–H groups in total. The van der Waals surface area contributed by atoms with E-state index in [0.717, 1.165) is 10.7 Å². The monoisotopic (exact) mass is 365 g/mol. The van der Waals surface area contributed by atoms with E-state index < -0.39 is 16.1 Å². The average molecular weight is 366 g/mol. The molecule has 1 heterocycles. The summed E-state index contributed by atoms with van der Waals surface area (Å²) in [6.07, 6.45) is 2.41. The number of aromatic nitrogens is 1. The van der Waals surface area contributed by atoms with Gasteiger partial charge < -0.3 is 10.4 Å². The van der Waals surface area contributed by atoms with E-state index in [9.17, 15) is 8.42 Å². The molecule has 0 aliphatic carbocycles. The van der Waals surface area contributed by atoms with Crippen LogP contribution in [0.5, 0.6) is 0 Å². The van der Waals surface area contributed by atoms with Gasteiger partial charge in [0.15, 0.2) is 0 Å². The van der Waals surface area contributed by atoms with Crippen LogP contribution in [0.1, 0.15) is 20.3 Å². The molecule has 0 fully saturated rings. The van der Waals surface area contributed by atoms with Crippen molar-refractivity contribution in [3.05, 3.63) is 16.7 Å². The van der Waals surface area contributed by atoms with Gasteiger partial charge in [0.25, 0.3) is 0 Å². The van der Waals surface area contributed by atoms with Gasteiger partial charge in [-0.25, -0.2) is 13.4 Å². The minimum Gasteiger partial charge on any atom is -0.395 e. The second-order valence-electron chi connectivity index (χ2n) is 4.48. The topological polar surface area (TPSA) is 82.5 Å². The van der Waals surface area contributed by atoms with Crippen molar-refractivity contribution < 1.29 is 13.5 Å². The predicted molar refractivity (Wildman–Crippen MR) is 82.2 cm³/mol. The van der Waals surface area contributed by atoms with Gasteiger partial charge in [-0.1, -0.05) is 6.92 Å². The average Bonchev–Trinajstić information content (AvgIpc) is 2.44.